The molecule has 0 atom stereocenters. The van der Waals surface area contributed by atoms with E-state index in [4.69, 9.17) is 4.74 Å². The Morgan fingerprint density at radius 2 is 1.75 bits per heavy atom. The van der Waals surface area contributed by atoms with Gasteiger partial charge in [-0.3, -0.25) is 0 Å². The Morgan fingerprint density at radius 3 is 2.45 bits per heavy atom. The molecular weight excluding hydrogens is 248 g/mol. The zero-order chi connectivity index (χ0) is 14.8. The zero-order valence-electron chi connectivity index (χ0n) is 13.2. The number of ether oxygens (including phenoxy) is 1. The maximum atomic E-state index is 12.2. The van der Waals surface area contributed by atoms with Gasteiger partial charge in [0, 0.05) is 0 Å². The summed E-state index contributed by atoms with van der Waals surface area (Å²) in [7, 11) is 0. The molecule has 1 aromatic rings. The molecule has 0 bridgehead atoms. The van der Waals surface area contributed by atoms with Crippen molar-refractivity contribution in [3.63, 3.8) is 0 Å². The third-order valence-electron chi connectivity index (χ3n) is 3.64. The van der Waals surface area contributed by atoms with Gasteiger partial charge in [-0.25, -0.2) is 4.79 Å². The Balaban J connectivity index is 2.67. The number of rotatable bonds is 9. The number of aryl methyl sites for hydroxylation is 1. The van der Waals surface area contributed by atoms with Crippen LogP contribution in [0.2, 0.25) is 0 Å². The summed E-state index contributed by atoms with van der Waals surface area (Å²) in [6.45, 7) is 6.96. The fourth-order valence-electron chi connectivity index (χ4n) is 2.37. The third kappa shape index (κ3) is 5.36. The van der Waals surface area contributed by atoms with Gasteiger partial charge in [-0.15, -0.1) is 0 Å². The van der Waals surface area contributed by atoms with Crippen LogP contribution in [-0.2, 0) is 11.2 Å². The third-order valence-corrected chi connectivity index (χ3v) is 3.64. The molecule has 0 heterocycles. The highest BCUT2D eigenvalue weighted by atomic mass is 16.5. The van der Waals surface area contributed by atoms with Crippen molar-refractivity contribution >= 4 is 5.97 Å². The summed E-state index contributed by atoms with van der Waals surface area (Å²) in [6.07, 6.45) is 7.73. The second kappa shape index (κ2) is 9.57. The zero-order valence-corrected chi connectivity index (χ0v) is 13.2. The van der Waals surface area contributed by atoms with E-state index in [1.807, 2.05) is 12.1 Å². The molecule has 0 saturated heterocycles. The van der Waals surface area contributed by atoms with Crippen molar-refractivity contribution < 1.29 is 9.53 Å². The fourth-order valence-corrected chi connectivity index (χ4v) is 2.37. The van der Waals surface area contributed by atoms with Crippen LogP contribution in [0.15, 0.2) is 18.2 Å². The molecule has 1 rings (SSSR count). The van der Waals surface area contributed by atoms with Crippen LogP contribution in [0.1, 0.15) is 73.9 Å². The molecule has 112 valence electrons. The van der Waals surface area contributed by atoms with Crippen molar-refractivity contribution in [2.75, 3.05) is 6.61 Å². The molecule has 0 radical (unpaired) electrons. The first-order chi connectivity index (χ1) is 9.70. The molecule has 2 nitrogen and oxygen atoms in total. The highest BCUT2D eigenvalue weighted by Gasteiger charge is 2.14. The molecule has 0 amide bonds. The van der Waals surface area contributed by atoms with Crippen molar-refractivity contribution in [3.8, 4) is 0 Å². The molecule has 0 spiro atoms. The lowest BCUT2D eigenvalue weighted by atomic mass is 9.96. The van der Waals surface area contributed by atoms with Gasteiger partial charge < -0.3 is 4.74 Å². The first kappa shape index (κ1) is 16.7. The minimum absolute atomic E-state index is 0.156. The standard InChI is InChI=1S/C18H28O2/c1-4-6-8-12-16-15(3)11-10-13-17(16)18(19)20-14-9-7-5-2/h10-11,13H,4-9,12,14H2,1-3H3. The quantitative estimate of drug-likeness (QED) is 0.464. The molecule has 0 N–H and O–H groups in total. The van der Waals surface area contributed by atoms with Crippen molar-refractivity contribution in [1.29, 1.82) is 0 Å². The monoisotopic (exact) mass is 276 g/mol. The van der Waals surface area contributed by atoms with Crippen LogP contribution >= 0.6 is 0 Å². The number of unbranched alkanes of at least 4 members (excludes halogenated alkanes) is 4. The van der Waals surface area contributed by atoms with Crippen LogP contribution in [0.25, 0.3) is 0 Å². The maximum absolute atomic E-state index is 12.2. The minimum atomic E-state index is -0.156. The number of hydrogen-bond donors (Lipinski definition) is 0. The molecule has 0 aliphatic rings. The average Bonchev–Trinajstić information content (AvgIpc) is 2.45. The van der Waals surface area contributed by atoms with E-state index in [-0.39, 0.29) is 5.97 Å². The second-order valence-electron chi connectivity index (χ2n) is 5.40. The van der Waals surface area contributed by atoms with Gasteiger partial charge in [0.1, 0.15) is 0 Å². The topological polar surface area (TPSA) is 26.3 Å². The summed E-state index contributed by atoms with van der Waals surface area (Å²) in [5, 5.41) is 0. The summed E-state index contributed by atoms with van der Waals surface area (Å²) in [4.78, 5) is 12.2. The predicted molar refractivity (Wildman–Crippen MR) is 84.2 cm³/mol. The number of hydrogen-bond acceptors (Lipinski definition) is 2. The Labute approximate surface area is 123 Å². The Kier molecular flexibility index (Phi) is 8.01. The van der Waals surface area contributed by atoms with Crippen LogP contribution < -0.4 is 0 Å². The van der Waals surface area contributed by atoms with E-state index in [2.05, 4.69) is 26.8 Å². The molecule has 0 fully saturated rings. The number of carbonyl (C=O) groups is 1. The van der Waals surface area contributed by atoms with E-state index in [0.29, 0.717) is 6.61 Å². The molecule has 0 aliphatic heterocycles. The summed E-state index contributed by atoms with van der Waals surface area (Å²) in [5.74, 6) is -0.156. The smallest absolute Gasteiger partial charge is 0.338 e. The highest BCUT2D eigenvalue weighted by Crippen LogP contribution is 2.18. The van der Waals surface area contributed by atoms with Crippen LogP contribution in [0, 0.1) is 6.92 Å². The van der Waals surface area contributed by atoms with E-state index < -0.39 is 0 Å². The van der Waals surface area contributed by atoms with Gasteiger partial charge >= 0.3 is 5.97 Å². The molecule has 0 saturated carbocycles. The van der Waals surface area contributed by atoms with Crippen LogP contribution in [0.3, 0.4) is 0 Å². The first-order valence-electron chi connectivity index (χ1n) is 7.96. The summed E-state index contributed by atoms with van der Waals surface area (Å²) < 4.78 is 5.39. The Hall–Kier alpha value is -1.31. The van der Waals surface area contributed by atoms with Gasteiger partial charge in [0.2, 0.25) is 0 Å². The van der Waals surface area contributed by atoms with Crippen molar-refractivity contribution in [3.05, 3.63) is 34.9 Å². The minimum Gasteiger partial charge on any atom is -0.462 e. The lowest BCUT2D eigenvalue weighted by Gasteiger charge is -2.12. The molecular formula is C18H28O2. The second-order valence-corrected chi connectivity index (χ2v) is 5.40. The first-order valence-corrected chi connectivity index (χ1v) is 7.96. The van der Waals surface area contributed by atoms with E-state index in [9.17, 15) is 4.79 Å². The van der Waals surface area contributed by atoms with Gasteiger partial charge in [-0.05, 0) is 43.4 Å². The predicted octanol–water partition coefficient (Wildman–Crippen LogP) is 5.07. The van der Waals surface area contributed by atoms with E-state index >= 15 is 0 Å². The SMILES string of the molecule is CCCCCOC(=O)c1cccc(C)c1CCCCC. The van der Waals surface area contributed by atoms with E-state index in [1.165, 1.54) is 24.0 Å². The van der Waals surface area contributed by atoms with Crippen molar-refractivity contribution in [2.24, 2.45) is 0 Å². The fraction of sp³-hybridized carbons (Fsp3) is 0.611. The summed E-state index contributed by atoms with van der Waals surface area (Å²) in [5.41, 5.74) is 3.13. The number of esters is 1. The van der Waals surface area contributed by atoms with Crippen LogP contribution in [-0.4, -0.2) is 12.6 Å². The van der Waals surface area contributed by atoms with Crippen LogP contribution in [0.5, 0.6) is 0 Å². The van der Waals surface area contributed by atoms with Crippen molar-refractivity contribution in [1.82, 2.24) is 0 Å². The Bertz CT molecular complexity index is 410. The molecule has 1 aromatic carbocycles. The summed E-state index contributed by atoms with van der Waals surface area (Å²) in [6, 6.07) is 5.92. The lowest BCUT2D eigenvalue weighted by molar-refractivity contribution is 0.0496. The van der Waals surface area contributed by atoms with E-state index in [0.717, 1.165) is 37.7 Å². The largest absolute Gasteiger partial charge is 0.462 e. The van der Waals surface area contributed by atoms with Gasteiger partial charge in [-0.1, -0.05) is 51.7 Å². The molecule has 0 unspecified atom stereocenters. The van der Waals surface area contributed by atoms with E-state index in [1.54, 1.807) is 0 Å². The lowest BCUT2D eigenvalue weighted by Crippen LogP contribution is -2.10. The van der Waals surface area contributed by atoms with Gasteiger partial charge in [0.25, 0.3) is 0 Å². The molecule has 2 heteroatoms. The van der Waals surface area contributed by atoms with Gasteiger partial charge in [-0.2, -0.15) is 0 Å². The van der Waals surface area contributed by atoms with Crippen LogP contribution in [0.4, 0.5) is 0 Å². The number of benzene rings is 1. The van der Waals surface area contributed by atoms with Gasteiger partial charge in [0.05, 0.1) is 12.2 Å². The molecule has 0 aromatic heterocycles. The normalized spacial score (nSPS) is 10.6. The maximum Gasteiger partial charge on any atom is 0.338 e. The summed E-state index contributed by atoms with van der Waals surface area (Å²) >= 11 is 0. The highest BCUT2D eigenvalue weighted by molar-refractivity contribution is 5.91. The molecule has 20 heavy (non-hydrogen) atoms. The molecule has 0 aliphatic carbocycles. The average molecular weight is 276 g/mol. The number of carbonyl (C=O) groups excluding carboxylic acids is 1. The Morgan fingerprint density at radius 1 is 1.05 bits per heavy atom. The van der Waals surface area contributed by atoms with Crippen molar-refractivity contribution in [2.45, 2.75) is 65.7 Å². The van der Waals surface area contributed by atoms with Gasteiger partial charge in [0.15, 0.2) is 0 Å².